The molecule has 0 bridgehead atoms. The highest BCUT2D eigenvalue weighted by atomic mass is 16.3. The molecule has 2 unspecified atom stereocenters. The third kappa shape index (κ3) is 2.53. The Kier molecular flexibility index (Phi) is 3.34. The van der Waals surface area contributed by atoms with Crippen molar-refractivity contribution in [3.8, 4) is 0 Å². The second-order valence-electron chi connectivity index (χ2n) is 6.88. The summed E-state index contributed by atoms with van der Waals surface area (Å²) in [5.41, 5.74) is 1.15. The number of rotatable bonds is 4. The second-order valence-corrected chi connectivity index (χ2v) is 6.88. The van der Waals surface area contributed by atoms with Crippen molar-refractivity contribution in [1.29, 1.82) is 0 Å². The Balaban J connectivity index is 1.33. The number of aliphatic hydroxyl groups excluding tert-OH is 1. The number of anilines is 1. The van der Waals surface area contributed by atoms with E-state index in [1.165, 1.54) is 12.8 Å². The van der Waals surface area contributed by atoms with Gasteiger partial charge in [-0.25, -0.2) is 0 Å². The molecule has 5 heteroatoms. The third-order valence-electron chi connectivity index (χ3n) is 5.40. The first-order valence-electron chi connectivity index (χ1n) is 8.21. The fourth-order valence-electron chi connectivity index (χ4n) is 3.67. The molecule has 21 heavy (non-hydrogen) atoms. The van der Waals surface area contributed by atoms with E-state index in [2.05, 4.69) is 39.2 Å². The summed E-state index contributed by atoms with van der Waals surface area (Å²) in [5, 5.41) is 18.8. The maximum atomic E-state index is 10.0. The SMILES string of the molecule is CN(C1CN(c2ccc(C3CC3)nn2)C1)C1CCCC1O. The van der Waals surface area contributed by atoms with Crippen molar-refractivity contribution in [1.82, 2.24) is 15.1 Å². The van der Waals surface area contributed by atoms with Crippen LogP contribution in [0.3, 0.4) is 0 Å². The summed E-state index contributed by atoms with van der Waals surface area (Å²) in [4.78, 5) is 4.66. The summed E-state index contributed by atoms with van der Waals surface area (Å²) in [6.45, 7) is 1.99. The molecule has 2 heterocycles. The first-order chi connectivity index (χ1) is 10.2. The van der Waals surface area contributed by atoms with Crippen LogP contribution in [0, 0.1) is 0 Å². The van der Waals surface area contributed by atoms with Gasteiger partial charge in [0, 0.05) is 31.1 Å². The normalized spacial score (nSPS) is 30.0. The van der Waals surface area contributed by atoms with Crippen molar-refractivity contribution in [2.75, 3.05) is 25.0 Å². The highest BCUT2D eigenvalue weighted by Gasteiger charge is 2.38. The Labute approximate surface area is 126 Å². The van der Waals surface area contributed by atoms with E-state index in [0.717, 1.165) is 43.9 Å². The van der Waals surface area contributed by atoms with Crippen LogP contribution in [0.2, 0.25) is 0 Å². The minimum absolute atomic E-state index is 0.137. The highest BCUT2D eigenvalue weighted by Crippen LogP contribution is 2.39. The maximum Gasteiger partial charge on any atom is 0.151 e. The first kappa shape index (κ1) is 13.5. The van der Waals surface area contributed by atoms with Crippen LogP contribution in [0.5, 0.6) is 0 Å². The molecule has 3 aliphatic rings. The van der Waals surface area contributed by atoms with E-state index in [-0.39, 0.29) is 6.10 Å². The van der Waals surface area contributed by atoms with Gasteiger partial charge in [-0.1, -0.05) is 0 Å². The zero-order chi connectivity index (χ0) is 14.4. The molecule has 0 radical (unpaired) electrons. The largest absolute Gasteiger partial charge is 0.391 e. The van der Waals surface area contributed by atoms with Crippen molar-refractivity contribution < 1.29 is 5.11 Å². The molecule has 2 saturated carbocycles. The van der Waals surface area contributed by atoms with E-state index >= 15 is 0 Å². The molecular weight excluding hydrogens is 264 g/mol. The lowest BCUT2D eigenvalue weighted by atomic mass is 10.0. The van der Waals surface area contributed by atoms with Crippen LogP contribution in [0.4, 0.5) is 5.82 Å². The quantitative estimate of drug-likeness (QED) is 0.907. The fourth-order valence-corrected chi connectivity index (χ4v) is 3.67. The Morgan fingerprint density at radius 3 is 2.52 bits per heavy atom. The lowest BCUT2D eigenvalue weighted by Gasteiger charge is -2.47. The number of likely N-dealkylation sites (N-methyl/N-ethyl adjacent to an activating group) is 1. The molecule has 3 fully saturated rings. The van der Waals surface area contributed by atoms with Gasteiger partial charge in [-0.05, 0) is 51.3 Å². The van der Waals surface area contributed by atoms with E-state index < -0.39 is 0 Å². The molecule has 2 atom stereocenters. The van der Waals surface area contributed by atoms with Gasteiger partial charge >= 0.3 is 0 Å². The van der Waals surface area contributed by atoms with Crippen molar-refractivity contribution >= 4 is 5.82 Å². The average molecular weight is 288 g/mol. The minimum Gasteiger partial charge on any atom is -0.391 e. The summed E-state index contributed by atoms with van der Waals surface area (Å²) in [5.74, 6) is 1.67. The molecule has 4 rings (SSSR count). The van der Waals surface area contributed by atoms with Crippen LogP contribution < -0.4 is 4.90 Å². The number of hydrogen-bond donors (Lipinski definition) is 1. The molecule has 5 nitrogen and oxygen atoms in total. The third-order valence-corrected chi connectivity index (χ3v) is 5.40. The first-order valence-corrected chi connectivity index (χ1v) is 8.21. The van der Waals surface area contributed by atoms with Crippen LogP contribution in [-0.2, 0) is 0 Å². The van der Waals surface area contributed by atoms with Gasteiger partial charge in [0.1, 0.15) is 0 Å². The molecule has 1 N–H and O–H groups in total. The zero-order valence-electron chi connectivity index (χ0n) is 12.6. The zero-order valence-corrected chi connectivity index (χ0v) is 12.6. The lowest BCUT2D eigenvalue weighted by Crippen LogP contribution is -2.61. The molecule has 0 amide bonds. The standard InChI is InChI=1S/C16H24N4O/c1-19(14-3-2-4-15(14)21)12-9-20(10-12)16-8-7-13(17-18-16)11-5-6-11/h7-8,11-12,14-15,21H,2-6,9-10H2,1H3. The average Bonchev–Trinajstić information content (AvgIpc) is 3.20. The predicted octanol–water partition coefficient (Wildman–Crippen LogP) is 1.39. The van der Waals surface area contributed by atoms with Gasteiger partial charge in [-0.2, -0.15) is 5.10 Å². The topological polar surface area (TPSA) is 52.5 Å². The minimum atomic E-state index is -0.137. The summed E-state index contributed by atoms with van der Waals surface area (Å²) in [7, 11) is 2.16. The Bertz CT molecular complexity index is 496. The molecular formula is C16H24N4O. The molecule has 114 valence electrons. The number of aliphatic hydroxyl groups is 1. The van der Waals surface area contributed by atoms with Gasteiger partial charge in [-0.3, -0.25) is 4.90 Å². The van der Waals surface area contributed by atoms with Gasteiger partial charge in [-0.15, -0.1) is 5.10 Å². The molecule has 1 saturated heterocycles. The van der Waals surface area contributed by atoms with Crippen LogP contribution >= 0.6 is 0 Å². The molecule has 0 spiro atoms. The lowest BCUT2D eigenvalue weighted by molar-refractivity contribution is 0.0525. The molecule has 1 aromatic rings. The smallest absolute Gasteiger partial charge is 0.151 e. The van der Waals surface area contributed by atoms with E-state index in [1.807, 2.05) is 0 Å². The van der Waals surface area contributed by atoms with Crippen LogP contribution in [-0.4, -0.2) is 58.5 Å². The molecule has 1 aromatic heterocycles. The second kappa shape index (κ2) is 5.21. The van der Waals surface area contributed by atoms with E-state index in [4.69, 9.17) is 0 Å². The summed E-state index contributed by atoms with van der Waals surface area (Å²) in [6, 6.07) is 5.13. The summed E-state index contributed by atoms with van der Waals surface area (Å²) >= 11 is 0. The van der Waals surface area contributed by atoms with Gasteiger partial charge in [0.2, 0.25) is 0 Å². The Morgan fingerprint density at radius 1 is 1.14 bits per heavy atom. The Morgan fingerprint density at radius 2 is 1.95 bits per heavy atom. The van der Waals surface area contributed by atoms with Crippen LogP contribution in [0.15, 0.2) is 12.1 Å². The number of aromatic nitrogens is 2. The van der Waals surface area contributed by atoms with Gasteiger partial charge in [0.15, 0.2) is 5.82 Å². The molecule has 2 aliphatic carbocycles. The van der Waals surface area contributed by atoms with Crippen molar-refractivity contribution in [3.05, 3.63) is 17.8 Å². The summed E-state index contributed by atoms with van der Waals surface area (Å²) in [6.07, 6.45) is 5.65. The van der Waals surface area contributed by atoms with Gasteiger partial charge < -0.3 is 10.0 Å². The van der Waals surface area contributed by atoms with E-state index in [9.17, 15) is 5.11 Å². The van der Waals surface area contributed by atoms with Gasteiger partial charge in [0.05, 0.1) is 11.8 Å². The highest BCUT2D eigenvalue weighted by molar-refractivity contribution is 5.42. The Hall–Kier alpha value is -1.20. The fraction of sp³-hybridized carbons (Fsp3) is 0.750. The van der Waals surface area contributed by atoms with Crippen molar-refractivity contribution in [2.24, 2.45) is 0 Å². The van der Waals surface area contributed by atoms with Crippen molar-refractivity contribution in [2.45, 2.75) is 56.2 Å². The maximum absolute atomic E-state index is 10.0. The van der Waals surface area contributed by atoms with Crippen LogP contribution in [0.1, 0.15) is 43.7 Å². The number of nitrogens with zero attached hydrogens (tertiary/aromatic N) is 4. The van der Waals surface area contributed by atoms with Gasteiger partial charge in [0.25, 0.3) is 0 Å². The van der Waals surface area contributed by atoms with E-state index in [1.54, 1.807) is 0 Å². The monoisotopic (exact) mass is 288 g/mol. The molecule has 0 aromatic carbocycles. The van der Waals surface area contributed by atoms with Crippen LogP contribution in [0.25, 0.3) is 0 Å². The van der Waals surface area contributed by atoms with E-state index in [0.29, 0.717) is 18.0 Å². The summed E-state index contributed by atoms with van der Waals surface area (Å²) < 4.78 is 0. The predicted molar refractivity (Wildman–Crippen MR) is 81.4 cm³/mol. The number of hydrogen-bond acceptors (Lipinski definition) is 5. The van der Waals surface area contributed by atoms with Crippen molar-refractivity contribution in [3.63, 3.8) is 0 Å². The molecule has 1 aliphatic heterocycles.